The first-order valence-electron chi connectivity index (χ1n) is 3.62. The van der Waals surface area contributed by atoms with Crippen LogP contribution in [0.25, 0.3) is 0 Å². The zero-order valence-corrected chi connectivity index (χ0v) is 7.20. The number of nitrogens with one attached hydrogen (secondary N) is 2. The van der Waals surface area contributed by atoms with E-state index in [1.165, 1.54) is 0 Å². The summed E-state index contributed by atoms with van der Waals surface area (Å²) in [4.78, 5) is 3.69. The van der Waals surface area contributed by atoms with Crippen molar-refractivity contribution >= 4 is 6.34 Å². The molecule has 1 aliphatic rings. The fourth-order valence-corrected chi connectivity index (χ4v) is 0.643. The van der Waals surface area contributed by atoms with Crippen LogP contribution in [0, 0.1) is 0 Å². The van der Waals surface area contributed by atoms with E-state index in [2.05, 4.69) is 22.4 Å². The van der Waals surface area contributed by atoms with Crippen LogP contribution < -0.4 is 10.9 Å². The van der Waals surface area contributed by atoms with E-state index in [4.69, 9.17) is 0 Å². The van der Waals surface area contributed by atoms with Gasteiger partial charge in [-0.1, -0.05) is 43.0 Å². The summed E-state index contributed by atoms with van der Waals surface area (Å²) in [7, 11) is 0. The van der Waals surface area contributed by atoms with Gasteiger partial charge in [0.05, 0.1) is 0 Å². The van der Waals surface area contributed by atoms with E-state index in [0.717, 1.165) is 0 Å². The quantitative estimate of drug-likeness (QED) is 0.607. The van der Waals surface area contributed by atoms with E-state index in [9.17, 15) is 0 Å². The fraction of sp³-hybridized carbons (Fsp3) is 0. The molecule has 1 aromatic rings. The molecule has 0 amide bonds. The Hall–Kier alpha value is -1.81. The molecule has 13 heavy (non-hydrogen) atoms. The molecular formula is C9H13N3O. The third-order valence-corrected chi connectivity index (χ3v) is 1.17. The highest BCUT2D eigenvalue weighted by atomic mass is 16.0. The van der Waals surface area contributed by atoms with Gasteiger partial charge >= 0.3 is 0 Å². The smallest absolute Gasteiger partial charge is 0.138 e. The Morgan fingerprint density at radius 1 is 1.00 bits per heavy atom. The minimum absolute atomic E-state index is 0. The molecule has 4 heteroatoms. The molecule has 0 atom stereocenters. The van der Waals surface area contributed by atoms with Crippen molar-refractivity contribution in [3.63, 3.8) is 0 Å². The zero-order chi connectivity index (χ0) is 8.65. The lowest BCUT2D eigenvalue weighted by Crippen LogP contribution is -2.20. The molecule has 0 aliphatic carbocycles. The van der Waals surface area contributed by atoms with Crippen LogP contribution in [0.5, 0.6) is 0 Å². The summed E-state index contributed by atoms with van der Waals surface area (Å²) < 4.78 is 0. The monoisotopic (exact) mass is 179 g/mol. The maximum atomic E-state index is 3.69. The number of hydrogen-bond donors (Lipinski definition) is 2. The van der Waals surface area contributed by atoms with Gasteiger partial charge in [0.25, 0.3) is 0 Å². The van der Waals surface area contributed by atoms with E-state index in [0.29, 0.717) is 5.82 Å². The van der Waals surface area contributed by atoms with Crippen LogP contribution in [0.2, 0.25) is 0 Å². The van der Waals surface area contributed by atoms with E-state index in [1.807, 2.05) is 36.4 Å². The van der Waals surface area contributed by atoms with Crippen molar-refractivity contribution in [3.8, 4) is 0 Å². The van der Waals surface area contributed by atoms with E-state index in [1.54, 1.807) is 6.34 Å². The fourth-order valence-electron chi connectivity index (χ4n) is 0.643. The van der Waals surface area contributed by atoms with Crippen molar-refractivity contribution in [3.05, 3.63) is 48.8 Å². The van der Waals surface area contributed by atoms with Crippen LogP contribution in [-0.4, -0.2) is 11.8 Å². The molecule has 0 spiro atoms. The maximum Gasteiger partial charge on any atom is 0.138 e. The van der Waals surface area contributed by atoms with Crippen LogP contribution in [0.3, 0.4) is 0 Å². The Kier molecular flexibility index (Phi) is 5.92. The highest BCUT2D eigenvalue weighted by molar-refractivity contribution is 5.58. The Bertz CT molecular complexity index is 232. The van der Waals surface area contributed by atoms with Gasteiger partial charge in [0.1, 0.15) is 12.2 Å². The van der Waals surface area contributed by atoms with Gasteiger partial charge in [-0.15, -0.1) is 0 Å². The molecule has 0 saturated heterocycles. The van der Waals surface area contributed by atoms with Crippen molar-refractivity contribution in [2.24, 2.45) is 4.99 Å². The summed E-state index contributed by atoms with van der Waals surface area (Å²) in [5.74, 6) is 0.662. The summed E-state index contributed by atoms with van der Waals surface area (Å²) in [6.07, 6.45) is 1.54. The highest BCUT2D eigenvalue weighted by Crippen LogP contribution is 1.82. The summed E-state index contributed by atoms with van der Waals surface area (Å²) >= 11 is 0. The Labute approximate surface area is 77.3 Å². The summed E-state index contributed by atoms with van der Waals surface area (Å²) in [5, 5.41) is 0. The molecular weight excluding hydrogens is 166 g/mol. The summed E-state index contributed by atoms with van der Waals surface area (Å²) in [6.45, 7) is 3.48. The van der Waals surface area contributed by atoms with Crippen LogP contribution in [-0.2, 0) is 0 Å². The molecule has 0 unspecified atom stereocenters. The predicted octanol–water partition coefficient (Wildman–Crippen LogP) is 0.456. The van der Waals surface area contributed by atoms with Gasteiger partial charge in [-0.05, 0) is 0 Å². The standard InChI is InChI=1S/C6H6.C3H5N3.H2O/c1-2-4-6-5-3-1;1-3-4-2-5-6-3;/h1-6H;2,6H,1H2,(H,4,5);1H2. The first-order valence-corrected chi connectivity index (χ1v) is 3.62. The normalized spacial score (nSPS) is 11.5. The van der Waals surface area contributed by atoms with Crippen LogP contribution in [0.1, 0.15) is 0 Å². The first kappa shape index (κ1) is 11.2. The third kappa shape index (κ3) is 5.46. The average molecular weight is 179 g/mol. The Morgan fingerprint density at radius 2 is 1.46 bits per heavy atom. The summed E-state index contributed by atoms with van der Waals surface area (Å²) in [5.41, 5.74) is 5.28. The number of benzene rings is 1. The van der Waals surface area contributed by atoms with E-state index in [-0.39, 0.29) is 5.48 Å². The van der Waals surface area contributed by atoms with Crippen molar-refractivity contribution < 1.29 is 5.48 Å². The average Bonchev–Trinajstić information content (AvgIpc) is 2.60. The predicted molar refractivity (Wildman–Crippen MR) is 54.0 cm³/mol. The van der Waals surface area contributed by atoms with Gasteiger partial charge in [0, 0.05) is 0 Å². The molecule has 0 radical (unpaired) electrons. The molecule has 1 aromatic carbocycles. The second-order valence-corrected chi connectivity index (χ2v) is 2.13. The SMILES string of the molecule is C=C1N=CNN1.O.c1ccccc1. The maximum absolute atomic E-state index is 3.69. The second-order valence-electron chi connectivity index (χ2n) is 2.13. The van der Waals surface area contributed by atoms with Crippen molar-refractivity contribution in [1.29, 1.82) is 0 Å². The molecule has 0 fully saturated rings. The number of nitrogens with zero attached hydrogens (tertiary/aromatic N) is 1. The molecule has 4 N–H and O–H groups in total. The van der Waals surface area contributed by atoms with Gasteiger partial charge in [-0.2, -0.15) is 0 Å². The Balaban J connectivity index is 0.000000206. The topological polar surface area (TPSA) is 67.9 Å². The van der Waals surface area contributed by atoms with Crippen LogP contribution >= 0.6 is 0 Å². The van der Waals surface area contributed by atoms with E-state index < -0.39 is 0 Å². The molecule has 0 aromatic heterocycles. The number of hydrogen-bond acceptors (Lipinski definition) is 3. The lowest BCUT2D eigenvalue weighted by molar-refractivity contribution is 0.820. The molecule has 2 rings (SSSR count). The Morgan fingerprint density at radius 3 is 1.62 bits per heavy atom. The van der Waals surface area contributed by atoms with Crippen molar-refractivity contribution in [1.82, 2.24) is 10.9 Å². The minimum atomic E-state index is 0. The molecule has 4 nitrogen and oxygen atoms in total. The van der Waals surface area contributed by atoms with Gasteiger partial charge in [0.15, 0.2) is 0 Å². The lowest BCUT2D eigenvalue weighted by atomic mass is 10.4. The number of aliphatic imine (C=N–C) groups is 1. The lowest BCUT2D eigenvalue weighted by Gasteiger charge is -1.87. The minimum Gasteiger partial charge on any atom is -0.412 e. The van der Waals surface area contributed by atoms with Gasteiger partial charge in [0.2, 0.25) is 0 Å². The molecule has 1 aliphatic heterocycles. The molecule has 0 bridgehead atoms. The summed E-state index contributed by atoms with van der Waals surface area (Å²) in [6, 6.07) is 12.0. The number of rotatable bonds is 0. The molecule has 1 heterocycles. The number of hydrazine groups is 1. The van der Waals surface area contributed by atoms with Gasteiger partial charge in [-0.25, -0.2) is 4.99 Å². The van der Waals surface area contributed by atoms with Gasteiger partial charge in [-0.3, -0.25) is 10.9 Å². The van der Waals surface area contributed by atoms with Crippen molar-refractivity contribution in [2.75, 3.05) is 0 Å². The molecule has 70 valence electrons. The van der Waals surface area contributed by atoms with Crippen molar-refractivity contribution in [2.45, 2.75) is 0 Å². The second kappa shape index (κ2) is 6.87. The first-order chi connectivity index (χ1) is 5.89. The van der Waals surface area contributed by atoms with Crippen LogP contribution in [0.4, 0.5) is 0 Å². The largest absolute Gasteiger partial charge is 0.412 e. The van der Waals surface area contributed by atoms with Gasteiger partial charge < -0.3 is 5.48 Å². The van der Waals surface area contributed by atoms with Crippen LogP contribution in [0.15, 0.2) is 53.8 Å². The zero-order valence-electron chi connectivity index (χ0n) is 7.20. The third-order valence-electron chi connectivity index (χ3n) is 1.17. The molecule has 0 saturated carbocycles. The highest BCUT2D eigenvalue weighted by Gasteiger charge is 1.87. The van der Waals surface area contributed by atoms with E-state index >= 15 is 0 Å².